The minimum atomic E-state index is -4.44. The number of alkyl halides is 3. The average Bonchev–Trinajstić information content (AvgIpc) is 3.47. The van der Waals surface area contributed by atoms with E-state index in [4.69, 9.17) is 11.6 Å². The summed E-state index contributed by atoms with van der Waals surface area (Å²) in [5, 5.41) is 17.0. The summed E-state index contributed by atoms with van der Waals surface area (Å²) in [6, 6.07) is 17.0. The van der Waals surface area contributed by atoms with Crippen molar-refractivity contribution in [2.45, 2.75) is 6.18 Å². The summed E-state index contributed by atoms with van der Waals surface area (Å²) in [7, 11) is 0. The summed E-state index contributed by atoms with van der Waals surface area (Å²) in [4.78, 5) is 4.32. The number of hydrogen-bond acceptors (Lipinski definition) is 5. The number of rotatable bonds is 4. The molecule has 7 nitrogen and oxygen atoms in total. The lowest BCUT2D eigenvalue weighted by Crippen LogP contribution is -2.06. The Balaban J connectivity index is 1.70. The van der Waals surface area contributed by atoms with E-state index in [1.807, 2.05) is 0 Å². The molecular formula is C22H13ClF3N7. The van der Waals surface area contributed by atoms with Gasteiger partial charge < -0.3 is 0 Å². The lowest BCUT2D eigenvalue weighted by Gasteiger charge is -2.11. The highest BCUT2D eigenvalue weighted by molar-refractivity contribution is 6.30. The molecule has 0 atom stereocenters. The van der Waals surface area contributed by atoms with Gasteiger partial charge in [0.1, 0.15) is 0 Å². The van der Waals surface area contributed by atoms with E-state index in [-0.39, 0.29) is 0 Å². The van der Waals surface area contributed by atoms with Crippen LogP contribution in [-0.4, -0.2) is 35.0 Å². The molecule has 0 saturated carbocycles. The van der Waals surface area contributed by atoms with Gasteiger partial charge in [0.15, 0.2) is 11.6 Å². The van der Waals surface area contributed by atoms with Crippen LogP contribution in [0.4, 0.5) is 13.2 Å². The maximum atomic E-state index is 13.1. The first kappa shape index (κ1) is 20.8. The Morgan fingerprint density at radius 1 is 0.848 bits per heavy atom. The monoisotopic (exact) mass is 467 g/mol. The second-order valence-electron chi connectivity index (χ2n) is 6.97. The normalized spacial score (nSPS) is 11.6. The van der Waals surface area contributed by atoms with E-state index < -0.39 is 11.7 Å². The van der Waals surface area contributed by atoms with Crippen molar-refractivity contribution in [3.63, 3.8) is 0 Å². The van der Waals surface area contributed by atoms with Crippen LogP contribution >= 0.6 is 11.6 Å². The number of pyridine rings is 1. The smallest absolute Gasteiger partial charge is 0.237 e. The Morgan fingerprint density at radius 2 is 1.61 bits per heavy atom. The zero-order valence-electron chi connectivity index (χ0n) is 16.6. The number of hydrogen-bond donors (Lipinski definition) is 0. The van der Waals surface area contributed by atoms with Crippen molar-refractivity contribution in [3.8, 4) is 34.2 Å². The van der Waals surface area contributed by atoms with E-state index in [9.17, 15) is 13.2 Å². The molecule has 0 bridgehead atoms. The molecule has 0 spiro atoms. The minimum absolute atomic E-state index is 0.356. The number of benzene rings is 2. The van der Waals surface area contributed by atoms with Gasteiger partial charge in [0.2, 0.25) is 0 Å². The van der Waals surface area contributed by atoms with E-state index in [0.29, 0.717) is 39.2 Å². The first-order chi connectivity index (χ1) is 15.9. The highest BCUT2D eigenvalue weighted by Gasteiger charge is 2.30. The topological polar surface area (TPSA) is 74.3 Å². The van der Waals surface area contributed by atoms with Gasteiger partial charge in [-0.05, 0) is 59.0 Å². The van der Waals surface area contributed by atoms with Crippen molar-refractivity contribution in [1.29, 1.82) is 0 Å². The molecule has 3 heterocycles. The van der Waals surface area contributed by atoms with Crippen LogP contribution < -0.4 is 0 Å². The fraction of sp³-hybridized carbons (Fsp3) is 0.0455. The van der Waals surface area contributed by atoms with Crippen LogP contribution in [-0.2, 0) is 6.18 Å². The average molecular weight is 468 g/mol. The Kier molecular flexibility index (Phi) is 5.14. The molecule has 0 aliphatic rings. The first-order valence-corrected chi connectivity index (χ1v) is 10.0. The summed E-state index contributed by atoms with van der Waals surface area (Å²) in [5.41, 5.74) is 1.41. The Labute approximate surface area is 190 Å². The molecule has 0 aliphatic carbocycles. The number of nitrogens with zero attached hydrogens (tertiary/aromatic N) is 7. The Bertz CT molecular complexity index is 1390. The van der Waals surface area contributed by atoms with Gasteiger partial charge in [-0.15, -0.1) is 5.10 Å². The second kappa shape index (κ2) is 8.14. The molecule has 5 rings (SSSR count). The molecule has 0 fully saturated rings. The van der Waals surface area contributed by atoms with E-state index in [1.165, 1.54) is 16.8 Å². The van der Waals surface area contributed by atoms with Crippen molar-refractivity contribution in [2.24, 2.45) is 0 Å². The van der Waals surface area contributed by atoms with Gasteiger partial charge in [0.05, 0.1) is 28.7 Å². The zero-order chi connectivity index (χ0) is 23.0. The summed E-state index contributed by atoms with van der Waals surface area (Å²) in [6.45, 7) is 0. The van der Waals surface area contributed by atoms with Crippen LogP contribution in [0.2, 0.25) is 5.02 Å². The van der Waals surface area contributed by atoms with Gasteiger partial charge in [-0.3, -0.25) is 0 Å². The van der Waals surface area contributed by atoms with E-state index in [2.05, 4.69) is 25.6 Å². The second-order valence-corrected chi connectivity index (χ2v) is 7.41. The van der Waals surface area contributed by atoms with Crippen LogP contribution in [0.1, 0.15) is 5.56 Å². The van der Waals surface area contributed by atoms with Crippen LogP contribution in [0.15, 0.2) is 79.1 Å². The van der Waals surface area contributed by atoms with Gasteiger partial charge in [0.25, 0.3) is 0 Å². The molecule has 0 saturated heterocycles. The predicted octanol–water partition coefficient (Wildman–Crippen LogP) is 5.25. The minimum Gasteiger partial charge on any atom is -0.237 e. The molecule has 164 valence electrons. The van der Waals surface area contributed by atoms with Crippen LogP contribution in [0.5, 0.6) is 0 Å². The summed E-state index contributed by atoms with van der Waals surface area (Å²) >= 11 is 5.99. The molecule has 0 radical (unpaired) electrons. The third-order valence-electron chi connectivity index (χ3n) is 4.90. The largest absolute Gasteiger partial charge is 0.416 e. The first-order valence-electron chi connectivity index (χ1n) is 9.63. The SMILES string of the molecule is FC(F)(F)c1ccc(-c2c(-c3nnnn3-c3ccc(Cl)cc3)cnn2-c2ccccn2)cc1. The van der Waals surface area contributed by atoms with Gasteiger partial charge in [-0.1, -0.05) is 29.8 Å². The van der Waals surface area contributed by atoms with Gasteiger partial charge in [0, 0.05) is 16.8 Å². The summed E-state index contributed by atoms with van der Waals surface area (Å²) < 4.78 is 42.4. The maximum Gasteiger partial charge on any atom is 0.416 e. The lowest BCUT2D eigenvalue weighted by molar-refractivity contribution is -0.137. The maximum absolute atomic E-state index is 13.1. The molecule has 0 unspecified atom stereocenters. The molecular weight excluding hydrogens is 455 g/mol. The molecule has 0 amide bonds. The van der Waals surface area contributed by atoms with Gasteiger partial charge in [-0.2, -0.15) is 23.0 Å². The molecule has 3 aromatic heterocycles. The highest BCUT2D eigenvalue weighted by atomic mass is 35.5. The Hall–Kier alpha value is -4.05. The summed E-state index contributed by atoms with van der Waals surface area (Å²) in [5.74, 6) is 0.846. The molecule has 11 heteroatoms. The van der Waals surface area contributed by atoms with E-state index in [1.54, 1.807) is 59.5 Å². The van der Waals surface area contributed by atoms with Crippen LogP contribution in [0.3, 0.4) is 0 Å². The fourth-order valence-electron chi connectivity index (χ4n) is 3.37. The van der Waals surface area contributed by atoms with Crippen LogP contribution in [0.25, 0.3) is 34.2 Å². The van der Waals surface area contributed by atoms with E-state index >= 15 is 0 Å². The standard InChI is InChI=1S/C22H13ClF3N7/c23-16-8-10-17(11-9-16)32-21(29-30-31-32)18-13-28-33(19-3-1-2-12-27-19)20(18)14-4-6-15(7-5-14)22(24,25)26/h1-13H. The van der Waals surface area contributed by atoms with Crippen molar-refractivity contribution >= 4 is 11.6 Å². The molecule has 5 aromatic rings. The highest BCUT2D eigenvalue weighted by Crippen LogP contribution is 2.35. The Morgan fingerprint density at radius 3 is 2.27 bits per heavy atom. The fourth-order valence-corrected chi connectivity index (χ4v) is 3.50. The number of aromatic nitrogens is 7. The zero-order valence-corrected chi connectivity index (χ0v) is 17.4. The summed E-state index contributed by atoms with van der Waals surface area (Å²) in [6.07, 6.45) is -1.29. The quantitative estimate of drug-likeness (QED) is 0.361. The van der Waals surface area contributed by atoms with Crippen molar-refractivity contribution in [2.75, 3.05) is 0 Å². The lowest BCUT2D eigenvalue weighted by atomic mass is 10.0. The van der Waals surface area contributed by atoms with Crippen LogP contribution in [0, 0.1) is 0 Å². The molecule has 2 aromatic carbocycles. The number of tetrazole rings is 1. The number of halogens is 4. The third kappa shape index (κ3) is 3.96. The molecule has 0 aliphatic heterocycles. The van der Waals surface area contributed by atoms with Gasteiger partial charge in [-0.25, -0.2) is 9.67 Å². The third-order valence-corrected chi connectivity index (χ3v) is 5.15. The van der Waals surface area contributed by atoms with Crippen molar-refractivity contribution < 1.29 is 13.2 Å². The predicted molar refractivity (Wildman–Crippen MR) is 115 cm³/mol. The van der Waals surface area contributed by atoms with Crippen molar-refractivity contribution in [1.82, 2.24) is 35.0 Å². The van der Waals surface area contributed by atoms with Gasteiger partial charge >= 0.3 is 6.18 Å². The molecule has 0 N–H and O–H groups in total. The van der Waals surface area contributed by atoms with Crippen molar-refractivity contribution in [3.05, 3.63) is 89.7 Å². The van der Waals surface area contributed by atoms with E-state index in [0.717, 1.165) is 12.1 Å². The molecule has 33 heavy (non-hydrogen) atoms.